The van der Waals surface area contributed by atoms with E-state index in [1.807, 2.05) is 43.0 Å². The summed E-state index contributed by atoms with van der Waals surface area (Å²) in [6.07, 6.45) is 4.55. The van der Waals surface area contributed by atoms with Crippen molar-refractivity contribution >= 4 is 17.9 Å². The van der Waals surface area contributed by atoms with E-state index in [-0.39, 0.29) is 17.9 Å². The molecule has 2 N–H and O–H groups in total. The van der Waals surface area contributed by atoms with Gasteiger partial charge in [-0.2, -0.15) is 0 Å². The molecule has 24 heavy (non-hydrogen) atoms. The highest BCUT2D eigenvalue weighted by Gasteiger charge is 2.26. The summed E-state index contributed by atoms with van der Waals surface area (Å²) in [7, 11) is 0. The second kappa shape index (κ2) is 8.49. The Balaban J connectivity index is 2.06. The minimum Gasteiger partial charge on any atom is -0.488 e. The van der Waals surface area contributed by atoms with Crippen LogP contribution in [0, 0.1) is 5.92 Å². The largest absolute Gasteiger partial charge is 0.488 e. The first kappa shape index (κ1) is 18.0. The van der Waals surface area contributed by atoms with Crippen molar-refractivity contribution in [1.82, 2.24) is 10.4 Å². The molecule has 1 heterocycles. The van der Waals surface area contributed by atoms with Crippen molar-refractivity contribution in [3.05, 3.63) is 35.9 Å². The number of hydroxylamine groups is 1. The molecule has 6 nitrogen and oxygen atoms in total. The van der Waals surface area contributed by atoms with Gasteiger partial charge in [-0.15, -0.1) is 0 Å². The lowest BCUT2D eigenvalue weighted by atomic mass is 10.1. The lowest BCUT2D eigenvalue weighted by Crippen LogP contribution is -2.45. The average molecular weight is 332 g/mol. The summed E-state index contributed by atoms with van der Waals surface area (Å²) in [5.74, 6) is 0.187. The highest BCUT2D eigenvalue weighted by molar-refractivity contribution is 5.91. The van der Waals surface area contributed by atoms with Crippen LogP contribution in [0.15, 0.2) is 30.3 Å². The van der Waals surface area contributed by atoms with Gasteiger partial charge in [0.05, 0.1) is 6.54 Å². The van der Waals surface area contributed by atoms with Gasteiger partial charge in [0.15, 0.2) is 0 Å². The van der Waals surface area contributed by atoms with Gasteiger partial charge in [-0.1, -0.05) is 32.0 Å². The maximum atomic E-state index is 12.2. The van der Waals surface area contributed by atoms with Crippen molar-refractivity contribution in [2.75, 3.05) is 13.1 Å². The SMILES string of the molecule is CC(C)C(=O)N1CCC[C@@H](Oc2ccccc2C=CC(=O)NO)C1. The first-order valence-electron chi connectivity index (χ1n) is 8.18. The molecular weight excluding hydrogens is 308 g/mol. The zero-order valence-electron chi connectivity index (χ0n) is 14.1. The fraction of sp³-hybridized carbons (Fsp3) is 0.444. The zero-order valence-corrected chi connectivity index (χ0v) is 14.1. The summed E-state index contributed by atoms with van der Waals surface area (Å²) in [5, 5.41) is 8.55. The van der Waals surface area contributed by atoms with Gasteiger partial charge in [-0.25, -0.2) is 5.48 Å². The predicted molar refractivity (Wildman–Crippen MR) is 90.5 cm³/mol. The molecule has 6 heteroatoms. The molecule has 0 aliphatic carbocycles. The van der Waals surface area contributed by atoms with E-state index < -0.39 is 5.91 Å². The van der Waals surface area contributed by atoms with Crippen molar-refractivity contribution in [3.63, 3.8) is 0 Å². The molecule has 1 fully saturated rings. The van der Waals surface area contributed by atoms with E-state index in [4.69, 9.17) is 9.94 Å². The summed E-state index contributed by atoms with van der Waals surface area (Å²) in [6, 6.07) is 7.37. The van der Waals surface area contributed by atoms with Gasteiger partial charge in [0.25, 0.3) is 5.91 Å². The second-order valence-electron chi connectivity index (χ2n) is 6.17. The lowest BCUT2D eigenvalue weighted by molar-refractivity contribution is -0.137. The molecule has 1 aromatic rings. The Morgan fingerprint density at radius 3 is 2.83 bits per heavy atom. The van der Waals surface area contributed by atoms with Crippen LogP contribution >= 0.6 is 0 Å². The molecule has 2 rings (SSSR count). The smallest absolute Gasteiger partial charge is 0.267 e. The molecule has 1 saturated heterocycles. The van der Waals surface area contributed by atoms with E-state index in [0.717, 1.165) is 24.9 Å². The normalized spacial score (nSPS) is 18.0. The Hall–Kier alpha value is -2.34. The number of nitrogens with zero attached hydrogens (tertiary/aromatic N) is 1. The van der Waals surface area contributed by atoms with Crippen molar-refractivity contribution in [1.29, 1.82) is 0 Å². The number of nitrogens with one attached hydrogen (secondary N) is 1. The number of hydrogen-bond donors (Lipinski definition) is 2. The molecular formula is C18H24N2O4. The number of likely N-dealkylation sites (tertiary alicyclic amines) is 1. The third-order valence-electron chi connectivity index (χ3n) is 3.92. The number of piperidine rings is 1. The first-order valence-corrected chi connectivity index (χ1v) is 8.18. The van der Waals surface area contributed by atoms with Crippen molar-refractivity contribution < 1.29 is 19.5 Å². The summed E-state index contributed by atoms with van der Waals surface area (Å²) >= 11 is 0. The van der Waals surface area contributed by atoms with Crippen LogP contribution in [0.1, 0.15) is 32.3 Å². The molecule has 0 aromatic heterocycles. The van der Waals surface area contributed by atoms with E-state index >= 15 is 0 Å². The zero-order chi connectivity index (χ0) is 17.5. The fourth-order valence-electron chi connectivity index (χ4n) is 2.71. The number of carbonyl (C=O) groups excluding carboxylic acids is 2. The maximum absolute atomic E-state index is 12.2. The van der Waals surface area contributed by atoms with E-state index in [1.54, 1.807) is 11.6 Å². The fourth-order valence-corrected chi connectivity index (χ4v) is 2.71. The van der Waals surface area contributed by atoms with Crippen molar-refractivity contribution in [3.8, 4) is 5.75 Å². The number of para-hydroxylation sites is 1. The van der Waals surface area contributed by atoms with Crippen LogP contribution in [0.5, 0.6) is 5.75 Å². The quantitative estimate of drug-likeness (QED) is 0.492. The molecule has 1 aliphatic heterocycles. The summed E-state index contributed by atoms with van der Waals surface area (Å²) in [6.45, 7) is 5.15. The minimum atomic E-state index is -0.601. The van der Waals surface area contributed by atoms with Gasteiger partial charge < -0.3 is 9.64 Å². The number of benzene rings is 1. The molecule has 0 radical (unpaired) electrons. The average Bonchev–Trinajstić information content (AvgIpc) is 2.60. The molecule has 2 amide bonds. The lowest BCUT2D eigenvalue weighted by Gasteiger charge is -2.34. The Kier molecular flexibility index (Phi) is 6.37. The third kappa shape index (κ3) is 4.83. The van der Waals surface area contributed by atoms with E-state index in [2.05, 4.69) is 0 Å². The van der Waals surface area contributed by atoms with Crippen LogP contribution in [0.4, 0.5) is 0 Å². The number of hydrogen-bond acceptors (Lipinski definition) is 4. The van der Waals surface area contributed by atoms with Crippen LogP contribution in [-0.2, 0) is 9.59 Å². The highest BCUT2D eigenvalue weighted by atomic mass is 16.5. The Bertz CT molecular complexity index is 613. The van der Waals surface area contributed by atoms with Crippen LogP contribution in [0.25, 0.3) is 6.08 Å². The Morgan fingerprint density at radius 1 is 1.38 bits per heavy atom. The second-order valence-corrected chi connectivity index (χ2v) is 6.17. The van der Waals surface area contributed by atoms with Gasteiger partial charge in [0.2, 0.25) is 5.91 Å². The monoisotopic (exact) mass is 332 g/mol. The van der Waals surface area contributed by atoms with Crippen molar-refractivity contribution in [2.45, 2.75) is 32.8 Å². The van der Waals surface area contributed by atoms with Crippen molar-refractivity contribution in [2.24, 2.45) is 5.92 Å². The molecule has 1 atom stereocenters. The van der Waals surface area contributed by atoms with Gasteiger partial charge in [0.1, 0.15) is 11.9 Å². The van der Waals surface area contributed by atoms with Crippen LogP contribution in [0.2, 0.25) is 0 Å². The summed E-state index contributed by atoms with van der Waals surface area (Å²) < 4.78 is 6.07. The van der Waals surface area contributed by atoms with Crippen LogP contribution in [0.3, 0.4) is 0 Å². The number of ether oxygens (including phenoxy) is 1. The maximum Gasteiger partial charge on any atom is 0.267 e. The predicted octanol–water partition coefficient (Wildman–Crippen LogP) is 2.23. The summed E-state index contributed by atoms with van der Waals surface area (Å²) in [5.41, 5.74) is 2.30. The number of carbonyl (C=O) groups is 2. The molecule has 0 spiro atoms. The van der Waals surface area contributed by atoms with E-state index in [1.165, 1.54) is 6.08 Å². The third-order valence-corrected chi connectivity index (χ3v) is 3.92. The highest BCUT2D eigenvalue weighted by Crippen LogP contribution is 2.24. The Morgan fingerprint density at radius 2 is 2.12 bits per heavy atom. The minimum absolute atomic E-state index is 0.0176. The van der Waals surface area contributed by atoms with Gasteiger partial charge in [-0.05, 0) is 25.0 Å². The van der Waals surface area contributed by atoms with Crippen LogP contribution in [-0.4, -0.2) is 41.1 Å². The summed E-state index contributed by atoms with van der Waals surface area (Å²) in [4.78, 5) is 25.2. The van der Waals surface area contributed by atoms with E-state index in [0.29, 0.717) is 12.3 Å². The number of rotatable bonds is 5. The molecule has 0 unspecified atom stereocenters. The molecule has 0 saturated carbocycles. The van der Waals surface area contributed by atoms with Crippen LogP contribution < -0.4 is 10.2 Å². The molecule has 1 aromatic carbocycles. The van der Waals surface area contributed by atoms with Gasteiger partial charge in [0, 0.05) is 24.1 Å². The topological polar surface area (TPSA) is 78.9 Å². The molecule has 0 bridgehead atoms. The standard InChI is InChI=1S/C18H24N2O4/c1-13(2)18(22)20-11-5-7-15(12-20)24-16-8-4-3-6-14(16)9-10-17(21)19-23/h3-4,6,8-10,13,15,23H,5,7,11-12H2,1-2H3,(H,19,21)/t15-/m1/s1. The van der Waals surface area contributed by atoms with Gasteiger partial charge in [-0.3, -0.25) is 14.8 Å². The molecule has 130 valence electrons. The Labute approximate surface area is 142 Å². The van der Waals surface area contributed by atoms with E-state index in [9.17, 15) is 9.59 Å². The first-order chi connectivity index (χ1) is 11.5. The number of amides is 2. The van der Waals surface area contributed by atoms with Gasteiger partial charge >= 0.3 is 0 Å². The molecule has 1 aliphatic rings.